The van der Waals surface area contributed by atoms with E-state index in [1.165, 1.54) is 0 Å². The Morgan fingerprint density at radius 2 is 1.40 bits per heavy atom. The summed E-state index contributed by atoms with van der Waals surface area (Å²) in [4.78, 5) is 0. The van der Waals surface area contributed by atoms with Crippen molar-refractivity contribution in [1.82, 2.24) is 0 Å². The lowest BCUT2D eigenvalue weighted by Crippen LogP contribution is -2.31. The fourth-order valence-electron chi connectivity index (χ4n) is 0.425. The lowest BCUT2D eigenvalue weighted by atomic mass is 9.91. The molecule has 0 aromatic heterocycles. The Bertz CT molecular complexity index is 124. The van der Waals surface area contributed by atoms with E-state index < -0.39 is 3.79 Å². The maximum atomic E-state index is 7.40. The molecule has 0 fully saturated rings. The van der Waals surface area contributed by atoms with E-state index in [4.69, 9.17) is 40.2 Å². The van der Waals surface area contributed by atoms with E-state index in [0.29, 0.717) is 0 Å². The molecule has 0 spiro atoms. The zero-order valence-corrected chi connectivity index (χ0v) is 8.40. The number of alkyl halides is 3. The van der Waals surface area contributed by atoms with Crippen molar-refractivity contribution in [1.29, 1.82) is 5.41 Å². The second-order valence-corrected chi connectivity index (χ2v) is 5.40. The van der Waals surface area contributed by atoms with Crippen molar-refractivity contribution in [3.63, 3.8) is 0 Å². The van der Waals surface area contributed by atoms with E-state index in [2.05, 4.69) is 0 Å². The minimum Gasteiger partial charge on any atom is -0.305 e. The second-order valence-electron chi connectivity index (χ2n) is 3.12. The van der Waals surface area contributed by atoms with Crippen LogP contribution < -0.4 is 0 Å². The highest BCUT2D eigenvalue weighted by molar-refractivity contribution is 6.76. The van der Waals surface area contributed by atoms with Gasteiger partial charge in [-0.1, -0.05) is 55.6 Å². The molecule has 0 aliphatic heterocycles. The molecule has 0 heterocycles. The lowest BCUT2D eigenvalue weighted by Gasteiger charge is -2.24. The summed E-state index contributed by atoms with van der Waals surface area (Å²) in [6.07, 6.45) is 0. The number of hydrogen-bond donors (Lipinski definition) is 1. The molecule has 10 heavy (non-hydrogen) atoms. The summed E-state index contributed by atoms with van der Waals surface area (Å²) in [5.41, 5.74) is -0.254. The van der Waals surface area contributed by atoms with Crippen molar-refractivity contribution in [3.8, 4) is 0 Å². The molecule has 0 aliphatic carbocycles. The SMILES string of the molecule is CC(C)(C)C(=N)C(Cl)(Cl)Cl. The van der Waals surface area contributed by atoms with Gasteiger partial charge < -0.3 is 5.41 Å². The van der Waals surface area contributed by atoms with Gasteiger partial charge in [-0.3, -0.25) is 0 Å². The minimum absolute atomic E-state index is 0.116. The standard InChI is InChI=1S/C6H10Cl3N/c1-5(2,3)4(10)6(7,8)9/h10H,1-3H3. The predicted octanol–water partition coefficient (Wildman–Crippen LogP) is 3.42. The van der Waals surface area contributed by atoms with Gasteiger partial charge >= 0.3 is 0 Å². The first-order chi connectivity index (χ1) is 4.15. The van der Waals surface area contributed by atoms with Gasteiger partial charge in [0.2, 0.25) is 3.79 Å². The Morgan fingerprint density at radius 3 is 1.40 bits per heavy atom. The van der Waals surface area contributed by atoms with E-state index in [-0.39, 0.29) is 11.1 Å². The number of halogens is 3. The van der Waals surface area contributed by atoms with Crippen LogP contribution in [0.15, 0.2) is 0 Å². The zero-order chi connectivity index (χ0) is 8.58. The van der Waals surface area contributed by atoms with Crippen LogP contribution in [0.2, 0.25) is 0 Å². The molecule has 0 saturated carbocycles. The lowest BCUT2D eigenvalue weighted by molar-refractivity contribution is 0.579. The van der Waals surface area contributed by atoms with Gasteiger partial charge in [-0.25, -0.2) is 0 Å². The van der Waals surface area contributed by atoms with Gasteiger partial charge in [-0.05, 0) is 0 Å². The average Bonchev–Trinajstić information content (AvgIpc) is 1.59. The summed E-state index contributed by atoms with van der Waals surface area (Å²) in [5, 5.41) is 7.40. The van der Waals surface area contributed by atoms with Crippen LogP contribution in [0.1, 0.15) is 20.8 Å². The molecule has 1 N–H and O–H groups in total. The molecule has 0 unspecified atom stereocenters. The number of rotatable bonds is 0. The van der Waals surface area contributed by atoms with Crippen molar-refractivity contribution < 1.29 is 0 Å². The quantitative estimate of drug-likeness (QED) is 0.460. The Morgan fingerprint density at radius 1 is 1.10 bits per heavy atom. The van der Waals surface area contributed by atoms with Crippen molar-refractivity contribution in [2.75, 3.05) is 0 Å². The van der Waals surface area contributed by atoms with Crippen LogP contribution in [-0.2, 0) is 0 Å². The molecular weight excluding hydrogens is 192 g/mol. The topological polar surface area (TPSA) is 23.9 Å². The van der Waals surface area contributed by atoms with Crippen LogP contribution in [0.3, 0.4) is 0 Å². The normalized spacial score (nSPS) is 13.4. The summed E-state index contributed by atoms with van der Waals surface area (Å²) in [6, 6.07) is 0. The van der Waals surface area contributed by atoms with E-state index in [9.17, 15) is 0 Å². The second kappa shape index (κ2) is 2.88. The van der Waals surface area contributed by atoms with Gasteiger partial charge in [0.05, 0.1) is 5.71 Å². The smallest absolute Gasteiger partial charge is 0.228 e. The highest BCUT2D eigenvalue weighted by Crippen LogP contribution is 2.35. The monoisotopic (exact) mass is 201 g/mol. The van der Waals surface area contributed by atoms with E-state index >= 15 is 0 Å². The van der Waals surface area contributed by atoms with Crippen LogP contribution in [0.5, 0.6) is 0 Å². The zero-order valence-electron chi connectivity index (χ0n) is 6.13. The molecular formula is C6H10Cl3N. The van der Waals surface area contributed by atoms with E-state index in [0.717, 1.165) is 0 Å². The van der Waals surface area contributed by atoms with Crippen LogP contribution in [0.4, 0.5) is 0 Å². The Labute approximate surface area is 76.2 Å². The molecule has 60 valence electrons. The maximum absolute atomic E-state index is 7.40. The Kier molecular flexibility index (Phi) is 3.04. The average molecular weight is 203 g/mol. The minimum atomic E-state index is -1.56. The summed E-state index contributed by atoms with van der Waals surface area (Å²) in [5.74, 6) is 0. The van der Waals surface area contributed by atoms with Crippen molar-refractivity contribution >= 4 is 40.5 Å². The van der Waals surface area contributed by atoms with Crippen LogP contribution in [0, 0.1) is 10.8 Å². The third kappa shape index (κ3) is 3.09. The van der Waals surface area contributed by atoms with Crippen LogP contribution in [-0.4, -0.2) is 9.50 Å². The van der Waals surface area contributed by atoms with Gasteiger partial charge in [0.1, 0.15) is 0 Å². The summed E-state index contributed by atoms with van der Waals surface area (Å²) >= 11 is 16.4. The number of nitrogens with one attached hydrogen (secondary N) is 1. The molecule has 4 heteroatoms. The predicted molar refractivity (Wildman–Crippen MR) is 47.5 cm³/mol. The Balaban J connectivity index is 4.40. The molecule has 0 aromatic carbocycles. The molecule has 0 aromatic rings. The molecule has 0 aliphatic rings. The first-order valence-electron chi connectivity index (χ1n) is 2.82. The molecule has 0 saturated heterocycles. The van der Waals surface area contributed by atoms with Gasteiger partial charge in [0, 0.05) is 5.41 Å². The van der Waals surface area contributed by atoms with Crippen molar-refractivity contribution in [2.45, 2.75) is 24.6 Å². The third-order valence-electron chi connectivity index (χ3n) is 1.03. The first-order valence-corrected chi connectivity index (χ1v) is 3.95. The summed E-state index contributed by atoms with van der Waals surface area (Å²) in [6.45, 7) is 5.49. The fourth-order valence-corrected chi connectivity index (χ4v) is 1.28. The molecule has 1 nitrogen and oxygen atoms in total. The van der Waals surface area contributed by atoms with Gasteiger partial charge in [-0.15, -0.1) is 0 Å². The largest absolute Gasteiger partial charge is 0.305 e. The molecule has 0 bridgehead atoms. The molecule has 0 amide bonds. The van der Waals surface area contributed by atoms with Crippen molar-refractivity contribution in [3.05, 3.63) is 0 Å². The molecule has 0 atom stereocenters. The highest BCUT2D eigenvalue weighted by Gasteiger charge is 2.34. The van der Waals surface area contributed by atoms with E-state index in [1.54, 1.807) is 0 Å². The van der Waals surface area contributed by atoms with Crippen LogP contribution >= 0.6 is 34.8 Å². The highest BCUT2D eigenvalue weighted by atomic mass is 35.6. The summed E-state index contributed by atoms with van der Waals surface area (Å²) in [7, 11) is 0. The van der Waals surface area contributed by atoms with Crippen molar-refractivity contribution in [2.24, 2.45) is 5.41 Å². The van der Waals surface area contributed by atoms with Gasteiger partial charge in [-0.2, -0.15) is 0 Å². The van der Waals surface area contributed by atoms with E-state index in [1.807, 2.05) is 20.8 Å². The fraction of sp³-hybridized carbons (Fsp3) is 0.833. The number of hydrogen-bond acceptors (Lipinski definition) is 1. The van der Waals surface area contributed by atoms with Crippen LogP contribution in [0.25, 0.3) is 0 Å². The van der Waals surface area contributed by atoms with Gasteiger partial charge in [0.15, 0.2) is 0 Å². The van der Waals surface area contributed by atoms with Gasteiger partial charge in [0.25, 0.3) is 0 Å². The molecule has 0 radical (unpaired) electrons. The molecule has 0 rings (SSSR count). The first kappa shape index (κ1) is 10.5. The Hall–Kier alpha value is 0.540. The maximum Gasteiger partial charge on any atom is 0.228 e. The third-order valence-corrected chi connectivity index (χ3v) is 1.60. The summed E-state index contributed by atoms with van der Waals surface area (Å²) < 4.78 is -1.56.